The molecular formula is C48H51N12O4+. The van der Waals surface area contributed by atoms with Crippen LogP contribution in [0.5, 0.6) is 11.5 Å². The van der Waals surface area contributed by atoms with Crippen molar-refractivity contribution < 1.29 is 23.7 Å². The molecule has 3 N–H and O–H groups in total. The molecule has 6 aromatic rings. The average Bonchev–Trinajstić information content (AvgIpc) is 3.93. The lowest BCUT2D eigenvalue weighted by Gasteiger charge is -2.36. The van der Waals surface area contributed by atoms with Crippen molar-refractivity contribution in [3.63, 3.8) is 0 Å². The summed E-state index contributed by atoms with van der Waals surface area (Å²) in [5.74, 6) is 3.27. The first kappa shape index (κ1) is 41.8. The van der Waals surface area contributed by atoms with Crippen LogP contribution in [0.4, 0.5) is 23.3 Å². The molecule has 7 heterocycles. The summed E-state index contributed by atoms with van der Waals surface area (Å²) in [6.45, 7) is 8.29. The van der Waals surface area contributed by atoms with Gasteiger partial charge in [0.25, 0.3) is 5.91 Å². The molecule has 326 valence electrons. The minimum absolute atomic E-state index is 0.0334. The molecule has 0 saturated carbocycles. The smallest absolute Gasteiger partial charge is 0.363 e. The van der Waals surface area contributed by atoms with E-state index in [0.29, 0.717) is 48.3 Å². The standard InChI is InChI=1S/C48H51N12O4/c1-3-35-27-54-60-40(51-26-33-11-9-20-50-25-33)24-41(55-46(35)60)58-22-8-7-13-37(58)23-42(61)63-30-32(2)48(62)57-21-10-12-34(28-57)29-59-47-43(45(49)52-31-53-47)44(56-59)36-16-18-39(19-17-36)64-38-14-5-4-6-15-38/h4-6,9,11,14-20,24-25,27,29,31,34,37,51H,2-3,7-8,10,12-13,21-23,26,28,30H2,1H3,(H2,49,52,53)/q+1/b59-29+/t34?,37-/m0/s1. The zero-order valence-electron chi connectivity index (χ0n) is 35.8. The van der Waals surface area contributed by atoms with E-state index in [9.17, 15) is 9.59 Å². The zero-order valence-corrected chi connectivity index (χ0v) is 35.8. The molecule has 1 amide bonds. The van der Waals surface area contributed by atoms with Gasteiger partial charge >= 0.3 is 11.8 Å². The van der Waals surface area contributed by atoms with Crippen molar-refractivity contribution in [1.82, 2.24) is 34.4 Å². The van der Waals surface area contributed by atoms with E-state index in [-0.39, 0.29) is 42.4 Å². The summed E-state index contributed by atoms with van der Waals surface area (Å²) >= 11 is 0. The van der Waals surface area contributed by atoms with E-state index >= 15 is 0 Å². The van der Waals surface area contributed by atoms with Gasteiger partial charge in [-0.15, -0.1) is 4.68 Å². The molecule has 4 aromatic heterocycles. The predicted molar refractivity (Wildman–Crippen MR) is 244 cm³/mol. The maximum Gasteiger partial charge on any atom is 0.363 e. The van der Waals surface area contributed by atoms with Crippen LogP contribution < -0.4 is 20.7 Å². The number of ether oxygens (including phenoxy) is 2. The third-order valence-corrected chi connectivity index (χ3v) is 11.9. The Morgan fingerprint density at radius 2 is 1.83 bits per heavy atom. The molecule has 3 aliphatic heterocycles. The number of benzene rings is 2. The van der Waals surface area contributed by atoms with Gasteiger partial charge in [0.2, 0.25) is 6.33 Å². The molecule has 0 bridgehead atoms. The SMILES string of the molecule is C=C(COC(=O)C[C@@H]1CCCCN1c1cc(NCc2cccnc2)n2ncc(CC)c2n1)C(=O)N1CCCC(/C=[N+]2/N=C(c3ccc(Oc4ccccc4)cc3)c3c(N)ncnc32)C1. The van der Waals surface area contributed by atoms with Gasteiger partial charge in [-0.1, -0.05) is 42.9 Å². The highest BCUT2D eigenvalue weighted by molar-refractivity contribution is 6.18. The summed E-state index contributed by atoms with van der Waals surface area (Å²) in [5, 5.41) is 13.1. The zero-order chi connectivity index (χ0) is 44.0. The molecule has 2 saturated heterocycles. The number of nitrogens with one attached hydrogen (secondary N) is 1. The highest BCUT2D eigenvalue weighted by Gasteiger charge is 2.35. The van der Waals surface area contributed by atoms with Crippen LogP contribution in [0.15, 0.2) is 115 Å². The minimum atomic E-state index is -0.383. The molecule has 2 fully saturated rings. The molecular weight excluding hydrogens is 809 g/mol. The van der Waals surface area contributed by atoms with Crippen LogP contribution in [-0.2, 0) is 27.3 Å². The van der Waals surface area contributed by atoms with Crippen LogP contribution in [0.1, 0.15) is 67.7 Å². The topological polar surface area (TPSA) is 181 Å². The summed E-state index contributed by atoms with van der Waals surface area (Å²) in [6.07, 6.45) is 14.2. The Balaban J connectivity index is 0.831. The molecule has 16 nitrogen and oxygen atoms in total. The fourth-order valence-corrected chi connectivity index (χ4v) is 8.55. The van der Waals surface area contributed by atoms with E-state index in [1.807, 2.05) is 95.9 Å². The van der Waals surface area contributed by atoms with Crippen LogP contribution in [0.25, 0.3) is 5.65 Å². The molecule has 0 aliphatic carbocycles. The largest absolute Gasteiger partial charge is 0.461 e. The maximum atomic E-state index is 13.8. The minimum Gasteiger partial charge on any atom is -0.461 e. The predicted octanol–water partition coefficient (Wildman–Crippen LogP) is 6.73. The number of para-hydroxylation sites is 1. The Morgan fingerprint density at radius 1 is 0.984 bits per heavy atom. The molecule has 2 atom stereocenters. The Morgan fingerprint density at radius 3 is 2.64 bits per heavy atom. The van der Waals surface area contributed by atoms with Gasteiger partial charge in [0, 0.05) is 73.3 Å². The number of nitrogens with two attached hydrogens (primary N) is 1. The molecule has 64 heavy (non-hydrogen) atoms. The number of aryl methyl sites for hydroxylation is 1. The number of fused-ring (bicyclic) bond motifs is 2. The van der Waals surface area contributed by atoms with Crippen molar-refractivity contribution in [1.29, 1.82) is 0 Å². The summed E-state index contributed by atoms with van der Waals surface area (Å²) in [5.41, 5.74) is 11.6. The number of nitrogens with zero attached hydrogens (tertiary/aromatic N) is 10. The molecule has 16 heteroatoms. The van der Waals surface area contributed by atoms with E-state index < -0.39 is 0 Å². The van der Waals surface area contributed by atoms with Gasteiger partial charge < -0.3 is 30.3 Å². The van der Waals surface area contributed by atoms with E-state index in [4.69, 9.17) is 25.3 Å². The highest BCUT2D eigenvalue weighted by atomic mass is 16.5. The summed E-state index contributed by atoms with van der Waals surface area (Å²) < 4.78 is 15.3. The van der Waals surface area contributed by atoms with Gasteiger partial charge in [-0.2, -0.15) is 14.6 Å². The fraction of sp³-hybridized carbons (Fsp3) is 0.312. The number of piperidine rings is 2. The number of amides is 1. The number of anilines is 3. The summed E-state index contributed by atoms with van der Waals surface area (Å²) in [4.78, 5) is 49.3. The van der Waals surface area contributed by atoms with Gasteiger partial charge in [-0.3, -0.25) is 14.6 Å². The van der Waals surface area contributed by atoms with Crippen LogP contribution >= 0.6 is 0 Å². The number of rotatable bonds is 14. The number of pyridine rings is 1. The number of aromatic nitrogens is 6. The number of likely N-dealkylation sites (tertiary alicyclic amines) is 1. The van der Waals surface area contributed by atoms with Crippen molar-refractivity contribution >= 4 is 52.7 Å². The molecule has 9 rings (SSSR count). The first-order chi connectivity index (χ1) is 31.3. The second-order valence-electron chi connectivity index (χ2n) is 16.3. The molecule has 2 aromatic carbocycles. The number of nitrogen functional groups attached to an aromatic ring is 1. The number of hydrazone groups is 1. The molecule has 1 unspecified atom stereocenters. The Hall–Kier alpha value is -7.49. The number of carbonyl (C=O) groups is 2. The number of hydrogen-bond donors (Lipinski definition) is 2. The van der Waals surface area contributed by atoms with Crippen molar-refractivity contribution in [2.45, 2.75) is 64.5 Å². The van der Waals surface area contributed by atoms with Crippen molar-refractivity contribution in [3.05, 3.63) is 132 Å². The number of carbonyl (C=O) groups excluding carboxylic acids is 2. The van der Waals surface area contributed by atoms with Gasteiger partial charge in [-0.25, -0.2) is 4.98 Å². The number of esters is 1. The van der Waals surface area contributed by atoms with E-state index in [2.05, 4.69) is 43.8 Å². The van der Waals surface area contributed by atoms with Gasteiger partial charge in [-0.05, 0) is 91.5 Å². The van der Waals surface area contributed by atoms with Crippen LogP contribution in [0.3, 0.4) is 0 Å². The van der Waals surface area contributed by atoms with Crippen LogP contribution in [0, 0.1) is 5.92 Å². The van der Waals surface area contributed by atoms with E-state index in [1.165, 1.54) is 6.33 Å². The lowest BCUT2D eigenvalue weighted by molar-refractivity contribution is -0.442. The lowest BCUT2D eigenvalue weighted by Crippen LogP contribution is -2.43. The quantitative estimate of drug-likeness (QED) is 0.0671. The van der Waals surface area contributed by atoms with E-state index in [1.54, 1.807) is 15.8 Å². The first-order valence-electron chi connectivity index (χ1n) is 21.9. The normalized spacial score (nSPS) is 17.8. The number of hydrogen-bond acceptors (Lipinski definition) is 13. The highest BCUT2D eigenvalue weighted by Crippen LogP contribution is 2.33. The third kappa shape index (κ3) is 9.16. The Labute approximate surface area is 371 Å². The van der Waals surface area contributed by atoms with Crippen molar-refractivity contribution in [2.24, 2.45) is 11.0 Å². The second-order valence-corrected chi connectivity index (χ2v) is 16.3. The van der Waals surface area contributed by atoms with Crippen LogP contribution in [0.2, 0.25) is 0 Å². The average molecular weight is 860 g/mol. The summed E-state index contributed by atoms with van der Waals surface area (Å²) in [6, 6.07) is 23.1. The molecule has 0 radical (unpaired) electrons. The van der Waals surface area contributed by atoms with Gasteiger partial charge in [0.05, 0.1) is 12.6 Å². The third-order valence-electron chi connectivity index (χ3n) is 11.9. The lowest BCUT2D eigenvalue weighted by atomic mass is 9.98. The Bertz CT molecular complexity index is 2720. The Kier molecular flexibility index (Phi) is 12.3. The van der Waals surface area contributed by atoms with Crippen molar-refractivity contribution in [3.8, 4) is 11.5 Å². The monoisotopic (exact) mass is 859 g/mol. The fourth-order valence-electron chi connectivity index (χ4n) is 8.55. The van der Waals surface area contributed by atoms with Crippen molar-refractivity contribution in [2.75, 3.05) is 42.2 Å². The maximum absolute atomic E-state index is 13.8. The molecule has 0 spiro atoms. The van der Waals surface area contributed by atoms with E-state index in [0.717, 1.165) is 84.8 Å². The summed E-state index contributed by atoms with van der Waals surface area (Å²) in [7, 11) is 0. The van der Waals surface area contributed by atoms with Crippen LogP contribution in [-0.4, -0.2) is 95.2 Å². The first-order valence-corrected chi connectivity index (χ1v) is 21.9. The van der Waals surface area contributed by atoms with Gasteiger partial charge in [0.15, 0.2) is 5.65 Å². The van der Waals surface area contributed by atoms with Gasteiger partial charge in [0.1, 0.15) is 53.0 Å². The molecule has 3 aliphatic rings. The second kappa shape index (κ2) is 18.9.